The lowest BCUT2D eigenvalue weighted by molar-refractivity contribution is -0.137. The fourth-order valence-electron chi connectivity index (χ4n) is 0.541. The molecule has 4 nitrogen and oxygen atoms in total. The van der Waals surface area contributed by atoms with Gasteiger partial charge in [-0.2, -0.15) is 0 Å². The first-order valence-electron chi connectivity index (χ1n) is 2.66. The summed E-state index contributed by atoms with van der Waals surface area (Å²) in [6, 6.07) is 0. The molecule has 0 aliphatic heterocycles. The van der Waals surface area contributed by atoms with Crippen molar-refractivity contribution in [3.63, 3.8) is 0 Å². The van der Waals surface area contributed by atoms with Crippen molar-refractivity contribution in [2.75, 3.05) is 0 Å². The molecule has 0 aliphatic rings. The minimum absolute atomic E-state index is 0.612. The Kier molecular flexibility index (Phi) is 3.35. The molecule has 0 rings (SSSR count). The molecule has 10 heavy (non-hydrogen) atoms. The first-order chi connectivity index (χ1) is 4.46. The zero-order valence-corrected chi connectivity index (χ0v) is 6.38. The molecular weight excluding hydrogens is 156 g/mol. The average molecular weight is 165 g/mol. The van der Waals surface area contributed by atoms with Gasteiger partial charge in [0, 0.05) is 0 Å². The number of carbonyl (C=O) groups is 1. The van der Waals surface area contributed by atoms with E-state index in [4.69, 9.17) is 5.11 Å². The van der Waals surface area contributed by atoms with E-state index >= 15 is 0 Å². The molecule has 0 amide bonds. The van der Waals surface area contributed by atoms with E-state index in [1.54, 1.807) is 0 Å². The van der Waals surface area contributed by atoms with Crippen LogP contribution >= 0.6 is 0 Å². The fourth-order valence-corrected chi connectivity index (χ4v) is 1.14. The van der Waals surface area contributed by atoms with Crippen LogP contribution in [-0.2, 0) is 15.5 Å². The molecule has 2 atom stereocenters. The number of thiol groups is 1. The van der Waals surface area contributed by atoms with Crippen LogP contribution in [0, 0.1) is 12.8 Å². The largest absolute Gasteiger partial charge is 0.480 e. The molecule has 0 heterocycles. The molecule has 59 valence electrons. The van der Waals surface area contributed by atoms with Crippen LogP contribution in [0.15, 0.2) is 0 Å². The molecule has 0 bridgehead atoms. The van der Waals surface area contributed by atoms with Gasteiger partial charge in [-0.25, -0.2) is 8.42 Å². The summed E-state index contributed by atoms with van der Waals surface area (Å²) in [7, 11) is -2.90. The highest BCUT2D eigenvalue weighted by molar-refractivity contribution is 7.74. The predicted molar refractivity (Wildman–Crippen MR) is 36.3 cm³/mol. The molecule has 5 heteroatoms. The zero-order chi connectivity index (χ0) is 8.31. The van der Waals surface area contributed by atoms with E-state index in [0.29, 0.717) is 0 Å². The van der Waals surface area contributed by atoms with Gasteiger partial charge in [0.25, 0.3) is 0 Å². The quantitative estimate of drug-likeness (QED) is 0.554. The van der Waals surface area contributed by atoms with Gasteiger partial charge in [0.2, 0.25) is 0 Å². The SMILES string of the molecule is [CH2]C(C)C(C(=O)O)[SH](=O)=O. The van der Waals surface area contributed by atoms with Gasteiger partial charge in [0.1, 0.15) is 0 Å². The van der Waals surface area contributed by atoms with E-state index in [1.807, 2.05) is 0 Å². The predicted octanol–water partition coefficient (Wildman–Crippen LogP) is -0.479. The lowest BCUT2D eigenvalue weighted by atomic mass is 10.1. The van der Waals surface area contributed by atoms with Crippen LogP contribution < -0.4 is 0 Å². The van der Waals surface area contributed by atoms with Gasteiger partial charge in [-0.15, -0.1) is 0 Å². The lowest BCUT2D eigenvalue weighted by Crippen LogP contribution is -2.27. The maximum Gasteiger partial charge on any atom is 0.321 e. The minimum Gasteiger partial charge on any atom is -0.480 e. The second-order valence-electron chi connectivity index (χ2n) is 2.05. The molecule has 0 fully saturated rings. The molecule has 0 spiro atoms. The van der Waals surface area contributed by atoms with E-state index in [2.05, 4.69) is 6.92 Å². The van der Waals surface area contributed by atoms with Crippen LogP contribution in [0.3, 0.4) is 0 Å². The van der Waals surface area contributed by atoms with E-state index in [1.165, 1.54) is 6.92 Å². The lowest BCUT2D eigenvalue weighted by Gasteiger charge is -2.06. The second-order valence-corrected chi connectivity index (χ2v) is 3.17. The Labute approximate surface area is 60.8 Å². The zero-order valence-electron chi connectivity index (χ0n) is 5.48. The van der Waals surface area contributed by atoms with Crippen molar-refractivity contribution >= 4 is 16.7 Å². The Bertz CT molecular complexity index is 186. The summed E-state index contributed by atoms with van der Waals surface area (Å²) >= 11 is 0. The van der Waals surface area contributed by atoms with Crippen molar-refractivity contribution in [2.45, 2.75) is 12.2 Å². The van der Waals surface area contributed by atoms with Crippen molar-refractivity contribution in [1.82, 2.24) is 0 Å². The van der Waals surface area contributed by atoms with Crippen LogP contribution in [-0.4, -0.2) is 24.7 Å². The molecule has 1 radical (unpaired) electrons. The molecule has 2 unspecified atom stereocenters. The summed E-state index contributed by atoms with van der Waals surface area (Å²) in [5.74, 6) is -1.95. The smallest absolute Gasteiger partial charge is 0.321 e. The molecule has 0 saturated carbocycles. The molecule has 1 N–H and O–H groups in total. The van der Waals surface area contributed by atoms with Gasteiger partial charge < -0.3 is 5.11 Å². The van der Waals surface area contributed by atoms with Gasteiger partial charge in [0.15, 0.2) is 16.0 Å². The standard InChI is InChI=1S/C5H9O4S/c1-3(2)4(5(6)7)10(8)9/h3-4,10H,1H2,2H3,(H,6,7). The van der Waals surface area contributed by atoms with Gasteiger partial charge in [0.05, 0.1) is 0 Å². The summed E-state index contributed by atoms with van der Waals surface area (Å²) < 4.78 is 20.4. The number of carboxylic acids is 1. The third kappa shape index (κ3) is 2.34. The fraction of sp³-hybridized carbons (Fsp3) is 0.600. The summed E-state index contributed by atoms with van der Waals surface area (Å²) in [6.45, 7) is 4.76. The maximum atomic E-state index is 10.2. The van der Waals surface area contributed by atoms with E-state index < -0.39 is 27.8 Å². The normalized spacial score (nSPS) is 14.0. The van der Waals surface area contributed by atoms with E-state index in [9.17, 15) is 13.2 Å². The van der Waals surface area contributed by atoms with Crippen LogP contribution in [0.2, 0.25) is 0 Å². The first-order valence-corrected chi connectivity index (χ1v) is 3.91. The summed E-state index contributed by atoms with van der Waals surface area (Å²) in [4.78, 5) is 10.2. The third-order valence-corrected chi connectivity index (χ3v) is 2.20. The highest BCUT2D eigenvalue weighted by atomic mass is 32.2. The van der Waals surface area contributed by atoms with Crippen LogP contribution in [0.25, 0.3) is 0 Å². The molecule has 0 saturated heterocycles. The number of carboxylic acid groups (broad SMARTS) is 1. The monoisotopic (exact) mass is 165 g/mol. The van der Waals surface area contributed by atoms with Crippen molar-refractivity contribution in [3.05, 3.63) is 6.92 Å². The molecule has 0 aromatic carbocycles. The molecular formula is C5H9O4S. The van der Waals surface area contributed by atoms with Crippen molar-refractivity contribution < 1.29 is 18.3 Å². The minimum atomic E-state index is -2.90. The Balaban J connectivity index is 4.43. The molecule has 0 aliphatic carbocycles. The Morgan fingerprint density at radius 2 is 2.00 bits per heavy atom. The summed E-state index contributed by atoms with van der Waals surface area (Å²) in [5.41, 5.74) is 0. The molecule has 0 aromatic rings. The van der Waals surface area contributed by atoms with Gasteiger partial charge in [-0.3, -0.25) is 4.79 Å². The van der Waals surface area contributed by atoms with Crippen molar-refractivity contribution in [3.8, 4) is 0 Å². The highest BCUT2D eigenvalue weighted by Crippen LogP contribution is 2.04. The van der Waals surface area contributed by atoms with Crippen LogP contribution in [0.5, 0.6) is 0 Å². The maximum absolute atomic E-state index is 10.2. The Hall–Kier alpha value is -0.580. The Morgan fingerprint density at radius 3 is 2.00 bits per heavy atom. The first kappa shape index (κ1) is 9.42. The Morgan fingerprint density at radius 1 is 1.60 bits per heavy atom. The van der Waals surface area contributed by atoms with Crippen molar-refractivity contribution in [2.24, 2.45) is 5.92 Å². The van der Waals surface area contributed by atoms with Crippen LogP contribution in [0.1, 0.15) is 6.92 Å². The van der Waals surface area contributed by atoms with E-state index in [-0.39, 0.29) is 0 Å². The second kappa shape index (κ2) is 3.55. The van der Waals surface area contributed by atoms with E-state index in [0.717, 1.165) is 0 Å². The number of hydrogen-bond acceptors (Lipinski definition) is 3. The van der Waals surface area contributed by atoms with Crippen molar-refractivity contribution in [1.29, 1.82) is 0 Å². The summed E-state index contributed by atoms with van der Waals surface area (Å²) in [5, 5.41) is 6.94. The highest BCUT2D eigenvalue weighted by Gasteiger charge is 2.24. The van der Waals surface area contributed by atoms with Gasteiger partial charge >= 0.3 is 5.97 Å². The van der Waals surface area contributed by atoms with Gasteiger partial charge in [-0.05, 0) is 12.8 Å². The summed E-state index contributed by atoms with van der Waals surface area (Å²) in [6.07, 6.45) is 0. The topological polar surface area (TPSA) is 71.4 Å². The number of rotatable bonds is 3. The number of hydrogen-bond donors (Lipinski definition) is 2. The third-order valence-electron chi connectivity index (χ3n) is 1.02. The average Bonchev–Trinajstić information content (AvgIpc) is 1.59. The number of aliphatic carboxylic acids is 1. The van der Waals surface area contributed by atoms with Crippen LogP contribution in [0.4, 0.5) is 0 Å². The molecule has 0 aromatic heterocycles. The van der Waals surface area contributed by atoms with Gasteiger partial charge in [-0.1, -0.05) is 6.92 Å².